The van der Waals surface area contributed by atoms with Crippen molar-refractivity contribution >= 4 is 5.91 Å². The quantitative estimate of drug-likeness (QED) is 0.929. The van der Waals surface area contributed by atoms with Crippen molar-refractivity contribution in [1.29, 1.82) is 0 Å². The van der Waals surface area contributed by atoms with Crippen molar-refractivity contribution in [1.82, 2.24) is 14.5 Å². The predicted molar refractivity (Wildman–Crippen MR) is 84.2 cm³/mol. The number of aliphatic hydroxyl groups excluding tert-OH is 1. The molecule has 1 saturated carbocycles. The molecule has 1 amide bonds. The Balaban J connectivity index is 1.56. The fraction of sp³-hybridized carbons (Fsp3) is 0.765. The molecule has 1 aliphatic heterocycles. The van der Waals surface area contributed by atoms with Crippen molar-refractivity contribution < 1.29 is 9.90 Å². The van der Waals surface area contributed by atoms with E-state index in [1.807, 2.05) is 19.3 Å². The molecular weight excluding hydrogens is 278 g/mol. The Morgan fingerprint density at radius 1 is 1.32 bits per heavy atom. The highest BCUT2D eigenvalue weighted by atomic mass is 16.3. The third kappa shape index (κ3) is 3.51. The molecule has 0 spiro atoms. The largest absolute Gasteiger partial charge is 0.393 e. The molecule has 1 atom stereocenters. The highest BCUT2D eigenvalue weighted by molar-refractivity contribution is 5.79. The molecule has 2 fully saturated rings. The number of aliphatic hydroxyl groups is 1. The first-order valence-electron chi connectivity index (χ1n) is 8.58. The van der Waals surface area contributed by atoms with Crippen LogP contribution in [0.3, 0.4) is 0 Å². The third-order valence-electron chi connectivity index (χ3n) is 5.26. The molecule has 2 aliphatic rings. The topological polar surface area (TPSA) is 58.4 Å². The number of likely N-dealkylation sites (tertiary alicyclic amines) is 1. The van der Waals surface area contributed by atoms with Crippen molar-refractivity contribution in [3.63, 3.8) is 0 Å². The summed E-state index contributed by atoms with van der Waals surface area (Å²) in [5.41, 5.74) is 0. The van der Waals surface area contributed by atoms with Gasteiger partial charge in [0.25, 0.3) is 0 Å². The second kappa shape index (κ2) is 6.82. The van der Waals surface area contributed by atoms with Crippen LogP contribution in [0.5, 0.6) is 0 Å². The van der Waals surface area contributed by atoms with E-state index in [4.69, 9.17) is 0 Å². The maximum absolute atomic E-state index is 12.7. The number of piperidine rings is 1. The zero-order valence-electron chi connectivity index (χ0n) is 13.4. The molecule has 5 nitrogen and oxygen atoms in total. The Hall–Kier alpha value is -1.36. The summed E-state index contributed by atoms with van der Waals surface area (Å²) in [6.07, 6.45) is 9.22. The zero-order chi connectivity index (χ0) is 15.5. The third-order valence-corrected chi connectivity index (χ3v) is 5.26. The van der Waals surface area contributed by atoms with Crippen molar-refractivity contribution in [2.24, 2.45) is 11.8 Å². The summed E-state index contributed by atoms with van der Waals surface area (Å²) in [4.78, 5) is 19.0. The Bertz CT molecular complexity index is 506. The van der Waals surface area contributed by atoms with Crippen LogP contribution in [0.2, 0.25) is 0 Å². The molecular formula is C17H27N3O2. The van der Waals surface area contributed by atoms with Crippen molar-refractivity contribution in [3.05, 3.63) is 18.2 Å². The van der Waals surface area contributed by atoms with Gasteiger partial charge in [-0.15, -0.1) is 0 Å². The van der Waals surface area contributed by atoms with Gasteiger partial charge in [0.1, 0.15) is 5.82 Å². The first-order chi connectivity index (χ1) is 10.6. The normalized spacial score (nSPS) is 29.5. The van der Waals surface area contributed by atoms with Gasteiger partial charge in [-0.3, -0.25) is 4.79 Å². The second-order valence-electron chi connectivity index (χ2n) is 6.92. The molecule has 2 heterocycles. The number of hydrogen-bond acceptors (Lipinski definition) is 3. The van der Waals surface area contributed by atoms with Crippen LogP contribution in [0.4, 0.5) is 0 Å². The molecule has 0 aromatic carbocycles. The van der Waals surface area contributed by atoms with E-state index in [1.165, 1.54) is 6.42 Å². The lowest BCUT2D eigenvalue weighted by atomic mass is 9.85. The maximum atomic E-state index is 12.7. The number of carbonyl (C=O) groups excluding carboxylic acids is 1. The fourth-order valence-electron chi connectivity index (χ4n) is 3.87. The Labute approximate surface area is 132 Å². The van der Waals surface area contributed by atoms with Gasteiger partial charge in [-0.05, 0) is 51.4 Å². The molecule has 1 aromatic heterocycles. The van der Waals surface area contributed by atoms with Crippen LogP contribution in [0.15, 0.2) is 12.4 Å². The van der Waals surface area contributed by atoms with Gasteiger partial charge in [-0.2, -0.15) is 0 Å². The van der Waals surface area contributed by atoms with Crippen molar-refractivity contribution in [3.8, 4) is 0 Å². The van der Waals surface area contributed by atoms with Gasteiger partial charge in [-0.25, -0.2) is 4.98 Å². The smallest absolute Gasteiger partial charge is 0.225 e. The van der Waals surface area contributed by atoms with Crippen LogP contribution < -0.4 is 0 Å². The Kier molecular flexibility index (Phi) is 4.81. The number of rotatable bonds is 3. The monoisotopic (exact) mass is 305 g/mol. The molecule has 1 saturated heterocycles. The van der Waals surface area contributed by atoms with Gasteiger partial charge >= 0.3 is 0 Å². The first kappa shape index (κ1) is 15.5. The van der Waals surface area contributed by atoms with E-state index in [9.17, 15) is 9.90 Å². The number of nitrogens with zero attached hydrogens (tertiary/aromatic N) is 3. The van der Waals surface area contributed by atoms with E-state index in [0.717, 1.165) is 57.6 Å². The van der Waals surface area contributed by atoms with E-state index >= 15 is 0 Å². The standard InChI is InChI=1S/C17H27N3O2/c1-13-18-8-10-19(13)11-14-3-2-9-20(12-14)17(22)15-4-6-16(21)7-5-15/h8,10,14-16,21H,2-7,9,11-12H2,1H3/t14-,15?,16?/m1/s1. The lowest BCUT2D eigenvalue weighted by Crippen LogP contribution is -2.44. The average molecular weight is 305 g/mol. The number of aromatic nitrogens is 2. The predicted octanol–water partition coefficient (Wildman–Crippen LogP) is 1.98. The van der Waals surface area contributed by atoms with E-state index in [-0.39, 0.29) is 12.0 Å². The number of aryl methyl sites for hydroxylation is 1. The summed E-state index contributed by atoms with van der Waals surface area (Å²) in [7, 11) is 0. The van der Waals surface area contributed by atoms with E-state index in [1.54, 1.807) is 0 Å². The fourth-order valence-corrected chi connectivity index (χ4v) is 3.87. The number of carbonyl (C=O) groups is 1. The highest BCUT2D eigenvalue weighted by Crippen LogP contribution is 2.28. The van der Waals surface area contributed by atoms with Crippen LogP contribution in [0, 0.1) is 18.8 Å². The molecule has 3 rings (SSSR count). The second-order valence-corrected chi connectivity index (χ2v) is 6.92. The Morgan fingerprint density at radius 2 is 2.09 bits per heavy atom. The van der Waals surface area contributed by atoms with Gasteiger partial charge in [0, 0.05) is 37.9 Å². The summed E-state index contributed by atoms with van der Waals surface area (Å²) in [5, 5.41) is 9.60. The summed E-state index contributed by atoms with van der Waals surface area (Å²) < 4.78 is 2.19. The molecule has 0 radical (unpaired) electrons. The number of hydrogen-bond donors (Lipinski definition) is 1. The van der Waals surface area contributed by atoms with Gasteiger partial charge in [0.05, 0.1) is 6.10 Å². The molecule has 5 heteroatoms. The van der Waals surface area contributed by atoms with E-state index in [0.29, 0.717) is 11.8 Å². The summed E-state index contributed by atoms with van der Waals surface area (Å²) in [5.74, 6) is 2.03. The van der Waals surface area contributed by atoms with Crippen LogP contribution in [-0.2, 0) is 11.3 Å². The summed E-state index contributed by atoms with van der Waals surface area (Å²) >= 11 is 0. The maximum Gasteiger partial charge on any atom is 0.225 e. The van der Waals surface area contributed by atoms with Crippen molar-refractivity contribution in [2.75, 3.05) is 13.1 Å². The van der Waals surface area contributed by atoms with Crippen LogP contribution in [-0.4, -0.2) is 44.7 Å². The summed E-state index contributed by atoms with van der Waals surface area (Å²) in [6.45, 7) is 4.75. The van der Waals surface area contributed by atoms with Gasteiger partial charge in [0.2, 0.25) is 5.91 Å². The van der Waals surface area contributed by atoms with Gasteiger partial charge in [-0.1, -0.05) is 0 Å². The molecule has 1 aliphatic carbocycles. The van der Waals surface area contributed by atoms with Gasteiger partial charge in [0.15, 0.2) is 0 Å². The van der Waals surface area contributed by atoms with E-state index < -0.39 is 0 Å². The molecule has 22 heavy (non-hydrogen) atoms. The number of imidazole rings is 1. The SMILES string of the molecule is Cc1nccn1C[C@H]1CCCN(C(=O)C2CCC(O)CC2)C1. The highest BCUT2D eigenvalue weighted by Gasteiger charge is 2.31. The van der Waals surface area contributed by atoms with Crippen LogP contribution >= 0.6 is 0 Å². The molecule has 0 unspecified atom stereocenters. The van der Waals surface area contributed by atoms with Gasteiger partial charge < -0.3 is 14.6 Å². The molecule has 0 bridgehead atoms. The average Bonchev–Trinajstić information content (AvgIpc) is 2.93. The molecule has 1 N–H and O–H groups in total. The minimum absolute atomic E-state index is 0.136. The van der Waals surface area contributed by atoms with Crippen molar-refractivity contribution in [2.45, 2.75) is 58.1 Å². The summed E-state index contributed by atoms with van der Waals surface area (Å²) in [6, 6.07) is 0. The molecule has 1 aromatic rings. The van der Waals surface area contributed by atoms with E-state index in [2.05, 4.69) is 14.5 Å². The number of amides is 1. The zero-order valence-corrected chi connectivity index (χ0v) is 13.4. The lowest BCUT2D eigenvalue weighted by molar-refractivity contribution is -0.139. The van der Waals surface area contributed by atoms with Crippen LogP contribution in [0.1, 0.15) is 44.3 Å². The minimum Gasteiger partial charge on any atom is -0.393 e. The minimum atomic E-state index is -0.192. The Morgan fingerprint density at radius 3 is 2.77 bits per heavy atom. The lowest BCUT2D eigenvalue weighted by Gasteiger charge is -2.36. The van der Waals surface area contributed by atoms with Crippen LogP contribution in [0.25, 0.3) is 0 Å². The molecule has 122 valence electrons. The first-order valence-corrected chi connectivity index (χ1v) is 8.58.